The van der Waals surface area contributed by atoms with Crippen molar-refractivity contribution in [3.63, 3.8) is 0 Å². The van der Waals surface area contributed by atoms with Gasteiger partial charge in [-0.1, -0.05) is 0 Å². The Kier molecular flexibility index (Phi) is 5.12. The number of rotatable bonds is 5. The van der Waals surface area contributed by atoms with Crippen molar-refractivity contribution in [1.82, 2.24) is 4.90 Å². The van der Waals surface area contributed by atoms with E-state index in [0.717, 1.165) is 0 Å². The van der Waals surface area contributed by atoms with Crippen LogP contribution < -0.4 is 0 Å². The summed E-state index contributed by atoms with van der Waals surface area (Å²) in [6.07, 6.45) is -7.45. The lowest BCUT2D eigenvalue weighted by atomic mass is 10.4. The molecule has 0 aliphatic carbocycles. The Bertz CT molecular complexity index is 134. The van der Waals surface area contributed by atoms with Gasteiger partial charge in [-0.3, -0.25) is 4.90 Å². The summed E-state index contributed by atoms with van der Waals surface area (Å²) < 4.78 is 69.9. The topological polar surface area (TPSA) is 3.24 Å². The summed E-state index contributed by atoms with van der Waals surface area (Å²) in [5, 5.41) is 0. The lowest BCUT2D eigenvalue weighted by Gasteiger charge is -2.21. The van der Waals surface area contributed by atoms with Crippen LogP contribution in [-0.2, 0) is 0 Å². The van der Waals surface area contributed by atoms with Crippen molar-refractivity contribution in [2.75, 3.05) is 26.3 Å². The molecule has 0 spiro atoms. The second kappa shape index (κ2) is 5.31. The summed E-state index contributed by atoms with van der Waals surface area (Å²) in [6.45, 7) is -4.24. The first-order valence-electron chi connectivity index (χ1n) is 3.48. The monoisotopic (exact) mass is 209 g/mol. The standard InChI is InChI=1S/C6H9F6N/c7-1-2-13(3-5(8)9)4-6(10,11)12/h5H,1-4H2. The molecule has 0 aromatic heterocycles. The second-order valence-corrected chi connectivity index (χ2v) is 2.43. The van der Waals surface area contributed by atoms with Crippen LogP contribution in [0.15, 0.2) is 0 Å². The quantitative estimate of drug-likeness (QED) is 0.626. The van der Waals surface area contributed by atoms with Gasteiger partial charge in [-0.2, -0.15) is 13.2 Å². The molecule has 1 nitrogen and oxygen atoms in total. The number of halogens is 6. The number of alkyl halides is 6. The highest BCUT2D eigenvalue weighted by Gasteiger charge is 2.31. The number of hydrogen-bond donors (Lipinski definition) is 0. The Hall–Kier alpha value is -0.460. The highest BCUT2D eigenvalue weighted by molar-refractivity contribution is 4.63. The molecule has 0 aromatic rings. The average Bonchev–Trinajstić information content (AvgIpc) is 1.81. The fourth-order valence-corrected chi connectivity index (χ4v) is 0.803. The zero-order chi connectivity index (χ0) is 10.5. The van der Waals surface area contributed by atoms with Gasteiger partial charge >= 0.3 is 6.18 Å². The third-order valence-electron chi connectivity index (χ3n) is 1.20. The minimum absolute atomic E-state index is 0.338. The molecule has 0 atom stereocenters. The first kappa shape index (κ1) is 12.5. The third-order valence-corrected chi connectivity index (χ3v) is 1.20. The van der Waals surface area contributed by atoms with E-state index in [0.29, 0.717) is 4.90 Å². The Morgan fingerprint density at radius 3 is 2.00 bits per heavy atom. The molecule has 0 saturated carbocycles. The van der Waals surface area contributed by atoms with E-state index in [1.165, 1.54) is 0 Å². The van der Waals surface area contributed by atoms with Gasteiger partial charge < -0.3 is 0 Å². The fourth-order valence-electron chi connectivity index (χ4n) is 0.803. The number of hydrogen-bond acceptors (Lipinski definition) is 1. The lowest BCUT2D eigenvalue weighted by Crippen LogP contribution is -2.38. The summed E-state index contributed by atoms with van der Waals surface area (Å²) >= 11 is 0. The van der Waals surface area contributed by atoms with Gasteiger partial charge in [0.05, 0.1) is 13.1 Å². The molecule has 80 valence electrons. The molecule has 0 radical (unpaired) electrons. The molecule has 0 heterocycles. The summed E-state index contributed by atoms with van der Waals surface area (Å²) in [4.78, 5) is 0.338. The van der Waals surface area contributed by atoms with E-state index in [9.17, 15) is 26.3 Å². The van der Waals surface area contributed by atoms with E-state index in [1.54, 1.807) is 0 Å². The zero-order valence-corrected chi connectivity index (χ0v) is 6.62. The maximum atomic E-state index is 11.7. The van der Waals surface area contributed by atoms with E-state index in [1.807, 2.05) is 0 Å². The van der Waals surface area contributed by atoms with Crippen molar-refractivity contribution < 1.29 is 26.3 Å². The van der Waals surface area contributed by atoms with E-state index >= 15 is 0 Å². The van der Waals surface area contributed by atoms with Gasteiger partial charge in [0.15, 0.2) is 0 Å². The Morgan fingerprint density at radius 2 is 1.69 bits per heavy atom. The number of nitrogens with zero attached hydrogens (tertiary/aromatic N) is 1. The molecule has 0 bridgehead atoms. The summed E-state index contributed by atoms with van der Waals surface area (Å²) in [7, 11) is 0. The molecule has 7 heteroatoms. The molecular formula is C6H9F6N. The van der Waals surface area contributed by atoms with Crippen molar-refractivity contribution in [2.45, 2.75) is 12.6 Å². The Morgan fingerprint density at radius 1 is 1.15 bits per heavy atom. The van der Waals surface area contributed by atoms with E-state index in [-0.39, 0.29) is 0 Å². The fraction of sp³-hybridized carbons (Fsp3) is 1.00. The minimum atomic E-state index is -4.57. The van der Waals surface area contributed by atoms with Crippen molar-refractivity contribution >= 4 is 0 Å². The SMILES string of the molecule is FCCN(CC(F)F)CC(F)(F)F. The van der Waals surface area contributed by atoms with Crippen LogP contribution in [0.2, 0.25) is 0 Å². The van der Waals surface area contributed by atoms with Gasteiger partial charge in [0, 0.05) is 6.54 Å². The maximum Gasteiger partial charge on any atom is 0.401 e. The largest absolute Gasteiger partial charge is 0.401 e. The molecule has 0 N–H and O–H groups in total. The summed E-state index contributed by atoms with van der Waals surface area (Å²) in [6, 6.07) is 0. The third kappa shape index (κ3) is 7.89. The van der Waals surface area contributed by atoms with Gasteiger partial charge in [-0.15, -0.1) is 0 Å². The molecule has 0 unspecified atom stereocenters. The molecule has 0 aromatic carbocycles. The maximum absolute atomic E-state index is 11.7. The Balaban J connectivity index is 3.94. The van der Waals surface area contributed by atoms with Crippen LogP contribution in [-0.4, -0.2) is 43.8 Å². The van der Waals surface area contributed by atoms with Crippen molar-refractivity contribution in [1.29, 1.82) is 0 Å². The van der Waals surface area contributed by atoms with Crippen LogP contribution in [0, 0.1) is 0 Å². The lowest BCUT2D eigenvalue weighted by molar-refractivity contribution is -0.149. The van der Waals surface area contributed by atoms with Crippen LogP contribution >= 0.6 is 0 Å². The van der Waals surface area contributed by atoms with Gasteiger partial charge in [0.2, 0.25) is 0 Å². The normalized spacial score (nSPS) is 12.9. The minimum Gasteiger partial charge on any atom is -0.287 e. The predicted molar refractivity (Wildman–Crippen MR) is 34.5 cm³/mol. The van der Waals surface area contributed by atoms with Gasteiger partial charge in [-0.25, -0.2) is 13.2 Å². The van der Waals surface area contributed by atoms with Gasteiger partial charge in [0.1, 0.15) is 6.67 Å². The van der Waals surface area contributed by atoms with Crippen LogP contribution in [0.3, 0.4) is 0 Å². The van der Waals surface area contributed by atoms with Crippen molar-refractivity contribution in [3.8, 4) is 0 Å². The van der Waals surface area contributed by atoms with E-state index in [4.69, 9.17) is 0 Å². The second-order valence-electron chi connectivity index (χ2n) is 2.43. The van der Waals surface area contributed by atoms with Gasteiger partial charge in [-0.05, 0) is 0 Å². The molecule has 0 rings (SSSR count). The first-order chi connectivity index (χ1) is 5.85. The van der Waals surface area contributed by atoms with Crippen LogP contribution in [0.4, 0.5) is 26.3 Å². The van der Waals surface area contributed by atoms with E-state index in [2.05, 4.69) is 0 Å². The van der Waals surface area contributed by atoms with Crippen LogP contribution in [0.25, 0.3) is 0 Å². The molecule has 0 saturated heterocycles. The molecule has 0 aliphatic heterocycles. The summed E-state index contributed by atoms with van der Waals surface area (Å²) in [5.41, 5.74) is 0. The van der Waals surface area contributed by atoms with Crippen molar-refractivity contribution in [2.24, 2.45) is 0 Å². The highest BCUT2D eigenvalue weighted by Crippen LogP contribution is 2.16. The Labute approximate surface area is 71.3 Å². The van der Waals surface area contributed by atoms with Gasteiger partial charge in [0.25, 0.3) is 6.43 Å². The summed E-state index contributed by atoms with van der Waals surface area (Å²) in [5.74, 6) is 0. The predicted octanol–water partition coefficient (Wildman–Crippen LogP) is 2.09. The van der Waals surface area contributed by atoms with Crippen molar-refractivity contribution in [3.05, 3.63) is 0 Å². The van der Waals surface area contributed by atoms with E-state index < -0.39 is 38.9 Å². The molecule has 0 aliphatic rings. The zero-order valence-electron chi connectivity index (χ0n) is 6.62. The highest BCUT2D eigenvalue weighted by atomic mass is 19.4. The first-order valence-corrected chi connectivity index (χ1v) is 3.48. The van der Waals surface area contributed by atoms with Crippen LogP contribution in [0.1, 0.15) is 0 Å². The molecule has 0 fully saturated rings. The smallest absolute Gasteiger partial charge is 0.287 e. The van der Waals surface area contributed by atoms with Crippen LogP contribution in [0.5, 0.6) is 0 Å². The molecule has 0 amide bonds. The molecule has 13 heavy (non-hydrogen) atoms. The average molecular weight is 209 g/mol. The molecular weight excluding hydrogens is 200 g/mol.